The molecule has 3 heteroatoms. The first kappa shape index (κ1) is 15.3. The summed E-state index contributed by atoms with van der Waals surface area (Å²) < 4.78 is 13.4. The Hall–Kier alpha value is -1.07. The Morgan fingerprint density at radius 1 is 1.40 bits per heavy atom. The number of hydrogen-bond donors (Lipinski definition) is 0. The summed E-state index contributed by atoms with van der Waals surface area (Å²) in [6.07, 6.45) is 4.50. The highest BCUT2D eigenvalue weighted by Crippen LogP contribution is 2.44. The SMILES string of the molecule is CC(C)C1CCC(C#N)(Cc2cc(F)ccc2Cl)CC1. The van der Waals surface area contributed by atoms with Gasteiger partial charge in [-0.3, -0.25) is 0 Å². The summed E-state index contributed by atoms with van der Waals surface area (Å²) in [5.74, 6) is 1.09. The Morgan fingerprint density at radius 3 is 2.60 bits per heavy atom. The van der Waals surface area contributed by atoms with E-state index >= 15 is 0 Å². The summed E-state index contributed by atoms with van der Waals surface area (Å²) >= 11 is 6.14. The molecule has 1 aliphatic rings. The number of rotatable bonds is 3. The van der Waals surface area contributed by atoms with Crippen LogP contribution >= 0.6 is 11.6 Å². The fourth-order valence-corrected chi connectivity index (χ4v) is 3.42. The van der Waals surface area contributed by atoms with Crippen molar-refractivity contribution in [3.05, 3.63) is 34.6 Å². The van der Waals surface area contributed by atoms with Gasteiger partial charge in [-0.2, -0.15) is 5.26 Å². The molecule has 108 valence electrons. The average molecular weight is 294 g/mol. The zero-order valence-corrected chi connectivity index (χ0v) is 12.9. The zero-order chi connectivity index (χ0) is 14.8. The number of halogens is 2. The molecule has 1 aromatic carbocycles. The molecule has 0 bridgehead atoms. The molecule has 0 amide bonds. The topological polar surface area (TPSA) is 23.8 Å². The van der Waals surface area contributed by atoms with E-state index in [1.54, 1.807) is 6.07 Å². The summed E-state index contributed by atoms with van der Waals surface area (Å²) in [7, 11) is 0. The Balaban J connectivity index is 2.14. The third kappa shape index (κ3) is 3.33. The monoisotopic (exact) mass is 293 g/mol. The van der Waals surface area contributed by atoms with Crippen LogP contribution in [0.3, 0.4) is 0 Å². The van der Waals surface area contributed by atoms with Crippen LogP contribution in [0.4, 0.5) is 4.39 Å². The lowest BCUT2D eigenvalue weighted by molar-refractivity contribution is 0.175. The van der Waals surface area contributed by atoms with Crippen molar-refractivity contribution in [3.63, 3.8) is 0 Å². The summed E-state index contributed by atoms with van der Waals surface area (Å²) in [6.45, 7) is 4.49. The molecule has 1 aliphatic carbocycles. The molecule has 0 unspecified atom stereocenters. The van der Waals surface area contributed by atoms with E-state index in [2.05, 4.69) is 19.9 Å². The number of hydrogen-bond acceptors (Lipinski definition) is 1. The molecule has 1 saturated carbocycles. The molecular formula is C17H21ClFN. The van der Waals surface area contributed by atoms with Crippen molar-refractivity contribution in [2.24, 2.45) is 17.3 Å². The van der Waals surface area contributed by atoms with E-state index in [0.29, 0.717) is 23.3 Å². The van der Waals surface area contributed by atoms with Crippen LogP contribution in [0.1, 0.15) is 45.1 Å². The molecule has 1 fully saturated rings. The molecule has 0 aliphatic heterocycles. The highest BCUT2D eigenvalue weighted by Gasteiger charge is 2.36. The normalized spacial score (nSPS) is 26.5. The maximum Gasteiger partial charge on any atom is 0.123 e. The van der Waals surface area contributed by atoms with E-state index in [1.807, 2.05) is 0 Å². The minimum Gasteiger partial charge on any atom is -0.207 e. The third-order valence-corrected chi connectivity index (χ3v) is 5.07. The lowest BCUT2D eigenvalue weighted by atomic mass is 9.66. The van der Waals surface area contributed by atoms with Gasteiger partial charge in [-0.15, -0.1) is 0 Å². The molecule has 0 saturated heterocycles. The van der Waals surface area contributed by atoms with Gasteiger partial charge >= 0.3 is 0 Å². The lowest BCUT2D eigenvalue weighted by Gasteiger charge is -2.36. The largest absolute Gasteiger partial charge is 0.207 e. The van der Waals surface area contributed by atoms with Gasteiger partial charge in [-0.1, -0.05) is 25.4 Å². The molecule has 1 aromatic rings. The van der Waals surface area contributed by atoms with Gasteiger partial charge in [0, 0.05) is 5.02 Å². The first-order valence-electron chi connectivity index (χ1n) is 7.31. The van der Waals surface area contributed by atoms with Crippen LogP contribution in [0.2, 0.25) is 5.02 Å². The van der Waals surface area contributed by atoms with Crippen LogP contribution in [0.5, 0.6) is 0 Å². The summed E-state index contributed by atoms with van der Waals surface area (Å²) in [6, 6.07) is 6.90. The second-order valence-corrected chi connectivity index (χ2v) is 6.79. The van der Waals surface area contributed by atoms with Crippen LogP contribution < -0.4 is 0 Å². The van der Waals surface area contributed by atoms with Crippen molar-refractivity contribution in [3.8, 4) is 6.07 Å². The van der Waals surface area contributed by atoms with Gasteiger partial charge in [0.1, 0.15) is 5.82 Å². The van der Waals surface area contributed by atoms with Crippen LogP contribution in [-0.4, -0.2) is 0 Å². The average Bonchev–Trinajstić information content (AvgIpc) is 2.43. The van der Waals surface area contributed by atoms with E-state index in [1.165, 1.54) is 12.1 Å². The van der Waals surface area contributed by atoms with Crippen molar-refractivity contribution >= 4 is 11.6 Å². The molecule has 0 radical (unpaired) electrons. The molecule has 0 spiro atoms. The van der Waals surface area contributed by atoms with E-state index in [0.717, 1.165) is 31.2 Å². The highest BCUT2D eigenvalue weighted by atomic mass is 35.5. The maximum atomic E-state index is 13.4. The quantitative estimate of drug-likeness (QED) is 0.734. The molecular weight excluding hydrogens is 273 g/mol. The Kier molecular flexibility index (Phi) is 4.70. The molecule has 0 aromatic heterocycles. The van der Waals surface area contributed by atoms with Crippen molar-refractivity contribution in [2.75, 3.05) is 0 Å². The third-order valence-electron chi connectivity index (χ3n) is 4.70. The standard InChI is InChI=1S/C17H21ClFN/c1-12(2)13-5-7-17(11-20,8-6-13)10-14-9-15(19)3-4-16(14)18/h3-4,9,12-13H,5-8,10H2,1-2H3. The molecule has 2 rings (SSSR count). The summed E-state index contributed by atoms with van der Waals surface area (Å²) in [5.41, 5.74) is 0.388. The highest BCUT2D eigenvalue weighted by molar-refractivity contribution is 6.31. The summed E-state index contributed by atoms with van der Waals surface area (Å²) in [5, 5.41) is 10.2. The minimum atomic E-state index is -0.372. The predicted octanol–water partition coefficient (Wildman–Crippen LogP) is 5.38. The van der Waals surface area contributed by atoms with Gasteiger partial charge in [0.25, 0.3) is 0 Å². The Labute approximate surface area is 125 Å². The van der Waals surface area contributed by atoms with Crippen molar-refractivity contribution in [2.45, 2.75) is 46.0 Å². The zero-order valence-electron chi connectivity index (χ0n) is 12.1. The lowest BCUT2D eigenvalue weighted by Crippen LogP contribution is -2.30. The molecule has 20 heavy (non-hydrogen) atoms. The molecule has 0 N–H and O–H groups in total. The first-order chi connectivity index (χ1) is 9.46. The van der Waals surface area contributed by atoms with Gasteiger partial charge in [0.15, 0.2) is 0 Å². The van der Waals surface area contributed by atoms with Crippen molar-refractivity contribution < 1.29 is 4.39 Å². The van der Waals surface area contributed by atoms with Crippen molar-refractivity contribution in [1.29, 1.82) is 5.26 Å². The maximum absolute atomic E-state index is 13.4. The minimum absolute atomic E-state index is 0.284. The Bertz CT molecular complexity index is 510. The van der Waals surface area contributed by atoms with Crippen LogP contribution in [0.15, 0.2) is 18.2 Å². The number of nitrogens with zero attached hydrogens (tertiary/aromatic N) is 1. The first-order valence-corrected chi connectivity index (χ1v) is 7.69. The van der Waals surface area contributed by atoms with E-state index < -0.39 is 0 Å². The second kappa shape index (κ2) is 6.14. The van der Waals surface area contributed by atoms with E-state index in [9.17, 15) is 9.65 Å². The van der Waals surface area contributed by atoms with Gasteiger partial charge in [-0.05, 0) is 67.7 Å². The van der Waals surface area contributed by atoms with Gasteiger partial charge in [0.05, 0.1) is 11.5 Å². The fraction of sp³-hybridized carbons (Fsp3) is 0.588. The van der Waals surface area contributed by atoms with Gasteiger partial charge < -0.3 is 0 Å². The smallest absolute Gasteiger partial charge is 0.123 e. The molecule has 0 atom stereocenters. The van der Waals surface area contributed by atoms with E-state index in [4.69, 9.17) is 11.6 Å². The predicted molar refractivity (Wildman–Crippen MR) is 80.0 cm³/mol. The van der Waals surface area contributed by atoms with Gasteiger partial charge in [-0.25, -0.2) is 4.39 Å². The Morgan fingerprint density at radius 2 is 2.05 bits per heavy atom. The number of benzene rings is 1. The molecule has 1 nitrogen and oxygen atoms in total. The van der Waals surface area contributed by atoms with E-state index in [-0.39, 0.29) is 11.2 Å². The van der Waals surface area contributed by atoms with Gasteiger partial charge in [0.2, 0.25) is 0 Å². The second-order valence-electron chi connectivity index (χ2n) is 6.39. The van der Waals surface area contributed by atoms with Crippen LogP contribution in [-0.2, 0) is 6.42 Å². The number of nitriles is 1. The fourth-order valence-electron chi connectivity index (χ4n) is 3.23. The van der Waals surface area contributed by atoms with Crippen molar-refractivity contribution in [1.82, 2.24) is 0 Å². The summed E-state index contributed by atoms with van der Waals surface area (Å²) in [4.78, 5) is 0. The van der Waals surface area contributed by atoms with Crippen LogP contribution in [0.25, 0.3) is 0 Å². The molecule has 0 heterocycles. The van der Waals surface area contributed by atoms with Crippen LogP contribution in [0, 0.1) is 34.4 Å².